The molecule has 0 spiro atoms. The van der Waals surface area contributed by atoms with Crippen molar-refractivity contribution in [3.8, 4) is 0 Å². The average molecular weight is 366 g/mol. The Bertz CT molecular complexity index is 1080. The molecular weight excluding hydrogens is 348 g/mol. The van der Waals surface area contributed by atoms with E-state index in [0.717, 1.165) is 27.9 Å². The molecule has 1 aliphatic rings. The first-order valence-corrected chi connectivity index (χ1v) is 10.0. The highest BCUT2D eigenvalue weighted by Crippen LogP contribution is 2.35. The molecule has 0 radical (unpaired) electrons. The summed E-state index contributed by atoms with van der Waals surface area (Å²) >= 11 is 0. The van der Waals surface area contributed by atoms with Gasteiger partial charge in [0, 0.05) is 18.8 Å². The fourth-order valence-corrected chi connectivity index (χ4v) is 4.19. The van der Waals surface area contributed by atoms with E-state index in [2.05, 4.69) is 15.1 Å². The Kier molecular flexibility index (Phi) is 4.16. The molecule has 1 aliphatic heterocycles. The van der Waals surface area contributed by atoms with Crippen molar-refractivity contribution in [1.29, 1.82) is 0 Å². The van der Waals surface area contributed by atoms with Crippen LogP contribution in [0.4, 0.5) is 0 Å². The number of sulfonamides is 1. The van der Waals surface area contributed by atoms with Crippen LogP contribution in [0.3, 0.4) is 0 Å². The van der Waals surface area contributed by atoms with E-state index in [9.17, 15) is 8.42 Å². The normalized spacial score (nSPS) is 17.5. The molecule has 4 rings (SSSR count). The maximum atomic E-state index is 12.6. The molecule has 0 unspecified atom stereocenters. The van der Waals surface area contributed by atoms with Crippen LogP contribution >= 0.6 is 0 Å². The van der Waals surface area contributed by atoms with Crippen molar-refractivity contribution in [2.24, 2.45) is 5.10 Å². The van der Waals surface area contributed by atoms with Crippen molar-refractivity contribution in [3.05, 3.63) is 72.1 Å². The summed E-state index contributed by atoms with van der Waals surface area (Å²) in [5, 5.41) is 4.46. The number of hydrogen-bond donors (Lipinski definition) is 0. The molecule has 6 nitrogen and oxygen atoms in total. The predicted octanol–water partition coefficient (Wildman–Crippen LogP) is 3.13. The molecule has 132 valence electrons. The van der Waals surface area contributed by atoms with E-state index >= 15 is 0 Å². The van der Waals surface area contributed by atoms with Gasteiger partial charge in [0.15, 0.2) is 0 Å². The molecule has 0 fully saturated rings. The number of fused-ring (bicyclic) bond motifs is 1. The Hall–Kier alpha value is -2.80. The third-order valence-corrected chi connectivity index (χ3v) is 6.14. The molecule has 0 N–H and O–H groups in total. The summed E-state index contributed by atoms with van der Waals surface area (Å²) in [6.07, 6.45) is 3.80. The quantitative estimate of drug-likeness (QED) is 0.711. The maximum absolute atomic E-state index is 12.6. The number of rotatable bonds is 4. The minimum Gasteiger partial charge on any atom is -0.253 e. The summed E-state index contributed by atoms with van der Waals surface area (Å²) in [6.45, 7) is 1.63. The topological polar surface area (TPSA) is 75.5 Å². The van der Waals surface area contributed by atoms with Crippen molar-refractivity contribution in [2.45, 2.75) is 19.4 Å². The van der Waals surface area contributed by atoms with E-state index in [-0.39, 0.29) is 11.8 Å². The molecule has 0 amide bonds. The summed E-state index contributed by atoms with van der Waals surface area (Å²) < 4.78 is 26.5. The largest absolute Gasteiger partial charge is 0.253 e. The van der Waals surface area contributed by atoms with Crippen LogP contribution in [-0.4, -0.2) is 34.3 Å². The molecule has 3 aromatic rings. The standard InChI is InChI=1S/C19H18N4O2S/c1-2-26(24,25)23-19(13-17(22-23)14-6-4-3-5-7-14)15-8-9-16-18(12-15)21-11-10-20-16/h3-12,19H,2,13H2,1H3/t19-/m0/s1. The Morgan fingerprint density at radius 3 is 2.50 bits per heavy atom. The summed E-state index contributed by atoms with van der Waals surface area (Å²) in [4.78, 5) is 8.60. The molecule has 0 aliphatic carbocycles. The third kappa shape index (κ3) is 2.94. The van der Waals surface area contributed by atoms with E-state index in [4.69, 9.17) is 0 Å². The molecule has 7 heteroatoms. The molecular formula is C19H18N4O2S. The molecule has 2 heterocycles. The fraction of sp³-hybridized carbons (Fsp3) is 0.211. The SMILES string of the molecule is CCS(=O)(=O)N1N=C(c2ccccc2)C[C@H]1c1ccc2nccnc2c1. The summed E-state index contributed by atoms with van der Waals surface area (Å²) in [6, 6.07) is 15.0. The van der Waals surface area contributed by atoms with Gasteiger partial charge in [-0.25, -0.2) is 8.42 Å². The van der Waals surface area contributed by atoms with Gasteiger partial charge in [0.05, 0.1) is 28.5 Å². The lowest BCUT2D eigenvalue weighted by Crippen LogP contribution is -2.28. The molecule has 0 bridgehead atoms. The van der Waals surface area contributed by atoms with Gasteiger partial charge in [0.25, 0.3) is 0 Å². The van der Waals surface area contributed by atoms with E-state index in [1.165, 1.54) is 4.41 Å². The minimum absolute atomic E-state index is 0.00244. The number of aromatic nitrogens is 2. The monoisotopic (exact) mass is 366 g/mol. The first-order valence-electron chi connectivity index (χ1n) is 8.44. The van der Waals surface area contributed by atoms with Crippen molar-refractivity contribution in [3.63, 3.8) is 0 Å². The van der Waals surface area contributed by atoms with Crippen LogP contribution in [0.1, 0.15) is 30.5 Å². The van der Waals surface area contributed by atoms with Gasteiger partial charge in [-0.15, -0.1) is 0 Å². The van der Waals surface area contributed by atoms with E-state index < -0.39 is 10.0 Å². The average Bonchev–Trinajstić information content (AvgIpc) is 3.15. The van der Waals surface area contributed by atoms with Crippen LogP contribution in [0.15, 0.2) is 66.0 Å². The first kappa shape index (κ1) is 16.7. The van der Waals surface area contributed by atoms with Gasteiger partial charge in [0.2, 0.25) is 10.0 Å². The van der Waals surface area contributed by atoms with Gasteiger partial charge < -0.3 is 0 Å². The van der Waals surface area contributed by atoms with Crippen LogP contribution in [0.25, 0.3) is 11.0 Å². The van der Waals surface area contributed by atoms with Gasteiger partial charge in [-0.05, 0) is 30.2 Å². The van der Waals surface area contributed by atoms with Gasteiger partial charge in [-0.3, -0.25) is 9.97 Å². The van der Waals surface area contributed by atoms with Gasteiger partial charge in [0.1, 0.15) is 0 Å². The van der Waals surface area contributed by atoms with E-state index in [0.29, 0.717) is 6.42 Å². The van der Waals surface area contributed by atoms with Crippen molar-refractivity contribution in [2.75, 3.05) is 5.75 Å². The lowest BCUT2D eigenvalue weighted by atomic mass is 9.99. The second kappa shape index (κ2) is 6.49. The second-order valence-electron chi connectivity index (χ2n) is 6.11. The highest BCUT2D eigenvalue weighted by atomic mass is 32.2. The van der Waals surface area contributed by atoms with Gasteiger partial charge >= 0.3 is 0 Å². The van der Waals surface area contributed by atoms with Gasteiger partial charge in [-0.2, -0.15) is 9.52 Å². The number of hydrazone groups is 1. The Morgan fingerprint density at radius 2 is 1.77 bits per heavy atom. The zero-order chi connectivity index (χ0) is 18.1. The molecule has 1 atom stereocenters. The molecule has 1 aromatic heterocycles. The molecule has 2 aromatic carbocycles. The van der Waals surface area contributed by atoms with Crippen molar-refractivity contribution < 1.29 is 8.42 Å². The summed E-state index contributed by atoms with van der Waals surface area (Å²) in [5.74, 6) is 0.00244. The highest BCUT2D eigenvalue weighted by Gasteiger charge is 2.35. The Morgan fingerprint density at radius 1 is 1.04 bits per heavy atom. The first-order chi connectivity index (χ1) is 12.6. The second-order valence-corrected chi connectivity index (χ2v) is 8.23. The number of nitrogens with zero attached hydrogens (tertiary/aromatic N) is 4. The van der Waals surface area contributed by atoms with Crippen molar-refractivity contribution in [1.82, 2.24) is 14.4 Å². The molecule has 0 saturated carbocycles. The molecule has 26 heavy (non-hydrogen) atoms. The van der Waals surface area contributed by atoms with Gasteiger partial charge in [-0.1, -0.05) is 36.4 Å². The van der Waals surface area contributed by atoms with Crippen LogP contribution in [0, 0.1) is 0 Å². The van der Waals surface area contributed by atoms with Crippen LogP contribution in [-0.2, 0) is 10.0 Å². The van der Waals surface area contributed by atoms with E-state index in [1.807, 2.05) is 48.5 Å². The zero-order valence-electron chi connectivity index (χ0n) is 14.3. The highest BCUT2D eigenvalue weighted by molar-refractivity contribution is 7.89. The van der Waals surface area contributed by atoms with Crippen molar-refractivity contribution >= 4 is 26.8 Å². The Labute approximate surface area is 152 Å². The molecule has 0 saturated heterocycles. The number of hydrogen-bond acceptors (Lipinski definition) is 5. The predicted molar refractivity (Wildman–Crippen MR) is 101 cm³/mol. The lowest BCUT2D eigenvalue weighted by molar-refractivity contribution is 0.372. The smallest absolute Gasteiger partial charge is 0.250 e. The zero-order valence-corrected chi connectivity index (χ0v) is 15.1. The third-order valence-electron chi connectivity index (χ3n) is 4.51. The van der Waals surface area contributed by atoms with Crippen LogP contribution in [0.2, 0.25) is 0 Å². The van der Waals surface area contributed by atoms with Crippen LogP contribution in [0.5, 0.6) is 0 Å². The lowest BCUT2D eigenvalue weighted by Gasteiger charge is -2.22. The Balaban J connectivity index is 1.78. The van der Waals surface area contributed by atoms with Crippen LogP contribution < -0.4 is 0 Å². The summed E-state index contributed by atoms with van der Waals surface area (Å²) in [7, 11) is -3.48. The fourth-order valence-electron chi connectivity index (χ4n) is 3.12. The minimum atomic E-state index is -3.48. The summed E-state index contributed by atoms with van der Waals surface area (Å²) in [5.41, 5.74) is 4.10. The maximum Gasteiger partial charge on any atom is 0.250 e. The van der Waals surface area contributed by atoms with E-state index in [1.54, 1.807) is 19.3 Å². The number of benzene rings is 2.